The average molecular weight is 615 g/mol. The fraction of sp³-hybridized carbons (Fsp3) is 0.343. The third-order valence-corrected chi connectivity index (χ3v) is 7.44. The van der Waals surface area contributed by atoms with Gasteiger partial charge in [-0.25, -0.2) is 0 Å². The first-order chi connectivity index (χ1) is 21.5. The SMILES string of the molecule is C.Cc1cc(NC(=O)C(=O)NCCc2ccccc2)ccc1Oc1ccnc2cc(OCCCN3CCOCC3)c(CO)cc12. The number of hydrogen-bond donors (Lipinski definition) is 3. The maximum atomic E-state index is 12.4. The summed E-state index contributed by atoms with van der Waals surface area (Å²) in [5.41, 5.74) is 3.66. The molecule has 0 unspecified atom stereocenters. The van der Waals surface area contributed by atoms with E-state index >= 15 is 0 Å². The molecule has 2 heterocycles. The standard InChI is InChI=1S/C34H38N4O6.CH4/c1-24-20-27(37-34(41)33(40)36-12-10-25-6-3-2-4-7-25)8-9-30(24)44-31-11-13-35-29-22-32(26(23-39)21-28(29)31)43-17-5-14-38-15-18-42-19-16-38;/h2-4,6-9,11,13,20-22,39H,5,10,12,14-19,23H2,1H3,(H,36,40)(H,37,41);1H4. The summed E-state index contributed by atoms with van der Waals surface area (Å²) in [4.78, 5) is 31.6. The number of amides is 2. The van der Waals surface area contributed by atoms with Gasteiger partial charge in [0.25, 0.3) is 0 Å². The van der Waals surface area contributed by atoms with E-state index in [0.29, 0.717) is 53.6 Å². The number of carbonyl (C=O) groups excluding carboxylic acids is 2. The van der Waals surface area contributed by atoms with Crippen molar-refractivity contribution in [3.63, 3.8) is 0 Å². The van der Waals surface area contributed by atoms with Gasteiger partial charge in [0.05, 0.1) is 31.9 Å². The minimum absolute atomic E-state index is 0. The number of aliphatic hydroxyl groups is 1. The quantitative estimate of drug-likeness (QED) is 0.153. The molecule has 1 fully saturated rings. The van der Waals surface area contributed by atoms with E-state index in [1.807, 2.05) is 49.4 Å². The molecular weight excluding hydrogens is 572 g/mol. The highest BCUT2D eigenvalue weighted by Crippen LogP contribution is 2.35. The molecule has 1 saturated heterocycles. The minimum atomic E-state index is -0.734. The van der Waals surface area contributed by atoms with Crippen molar-refractivity contribution in [2.45, 2.75) is 33.8 Å². The topological polar surface area (TPSA) is 122 Å². The van der Waals surface area contributed by atoms with Crippen LogP contribution in [0, 0.1) is 6.92 Å². The molecule has 3 aromatic carbocycles. The van der Waals surface area contributed by atoms with Crippen LogP contribution in [0.2, 0.25) is 0 Å². The summed E-state index contributed by atoms with van der Waals surface area (Å²) >= 11 is 0. The van der Waals surface area contributed by atoms with Crippen LogP contribution in [0.15, 0.2) is 72.9 Å². The molecule has 0 radical (unpaired) electrons. The number of hydrogen-bond acceptors (Lipinski definition) is 8. The molecule has 238 valence electrons. The van der Waals surface area contributed by atoms with Gasteiger partial charge in [0, 0.05) is 55.1 Å². The molecule has 1 aromatic heterocycles. The molecule has 1 aliphatic rings. The fourth-order valence-corrected chi connectivity index (χ4v) is 5.03. The third-order valence-electron chi connectivity index (χ3n) is 7.44. The van der Waals surface area contributed by atoms with E-state index in [1.54, 1.807) is 30.5 Å². The molecule has 0 saturated carbocycles. The Balaban J connectivity index is 0.00000461. The largest absolute Gasteiger partial charge is 0.493 e. The van der Waals surface area contributed by atoms with Gasteiger partial charge >= 0.3 is 11.8 Å². The Morgan fingerprint density at radius 1 is 0.978 bits per heavy atom. The van der Waals surface area contributed by atoms with Gasteiger partial charge in [-0.15, -0.1) is 0 Å². The maximum Gasteiger partial charge on any atom is 0.313 e. The monoisotopic (exact) mass is 614 g/mol. The second-order valence-corrected chi connectivity index (χ2v) is 10.6. The summed E-state index contributed by atoms with van der Waals surface area (Å²) in [7, 11) is 0. The lowest BCUT2D eigenvalue weighted by atomic mass is 10.1. The number of benzene rings is 3. The lowest BCUT2D eigenvalue weighted by molar-refractivity contribution is -0.136. The summed E-state index contributed by atoms with van der Waals surface area (Å²) < 4.78 is 17.7. The first kappa shape index (κ1) is 33.4. The first-order valence-electron chi connectivity index (χ1n) is 14.9. The Morgan fingerprint density at radius 3 is 2.53 bits per heavy atom. The highest BCUT2D eigenvalue weighted by molar-refractivity contribution is 6.39. The third kappa shape index (κ3) is 9.24. The number of fused-ring (bicyclic) bond motifs is 1. The second kappa shape index (κ2) is 16.5. The second-order valence-electron chi connectivity index (χ2n) is 10.6. The van der Waals surface area contributed by atoms with Crippen LogP contribution in [0.3, 0.4) is 0 Å². The number of aliphatic hydroxyl groups excluding tert-OH is 1. The van der Waals surface area contributed by atoms with Gasteiger partial charge in [0.15, 0.2) is 0 Å². The van der Waals surface area contributed by atoms with Gasteiger partial charge in [-0.05, 0) is 61.2 Å². The van der Waals surface area contributed by atoms with Crippen LogP contribution in [-0.4, -0.2) is 72.8 Å². The van der Waals surface area contributed by atoms with Crippen molar-refractivity contribution in [1.82, 2.24) is 15.2 Å². The molecular formula is C35H42N4O6. The molecule has 1 aliphatic heterocycles. The first-order valence-corrected chi connectivity index (χ1v) is 14.9. The molecule has 0 bridgehead atoms. The predicted molar refractivity (Wildman–Crippen MR) is 175 cm³/mol. The van der Waals surface area contributed by atoms with E-state index in [-0.39, 0.29) is 14.0 Å². The van der Waals surface area contributed by atoms with E-state index in [4.69, 9.17) is 14.2 Å². The molecule has 4 aromatic rings. The van der Waals surface area contributed by atoms with Crippen LogP contribution in [0.25, 0.3) is 10.9 Å². The van der Waals surface area contributed by atoms with Gasteiger partial charge in [0.2, 0.25) is 0 Å². The molecule has 0 spiro atoms. The number of aryl methyl sites for hydroxylation is 1. The average Bonchev–Trinajstić information content (AvgIpc) is 3.05. The number of morpholine rings is 1. The zero-order chi connectivity index (χ0) is 30.7. The molecule has 45 heavy (non-hydrogen) atoms. The Bertz CT molecular complexity index is 1570. The van der Waals surface area contributed by atoms with Crippen molar-refractivity contribution in [2.75, 3.05) is 51.3 Å². The number of carbonyl (C=O) groups is 2. The smallest absolute Gasteiger partial charge is 0.313 e. The molecule has 3 N–H and O–H groups in total. The summed E-state index contributed by atoms with van der Waals surface area (Å²) in [6.45, 7) is 6.92. The highest BCUT2D eigenvalue weighted by atomic mass is 16.5. The van der Waals surface area contributed by atoms with Crippen LogP contribution in [-0.2, 0) is 27.4 Å². The van der Waals surface area contributed by atoms with Crippen molar-refractivity contribution >= 4 is 28.4 Å². The van der Waals surface area contributed by atoms with Crippen LogP contribution in [0.5, 0.6) is 17.2 Å². The number of nitrogens with zero attached hydrogens (tertiary/aromatic N) is 2. The van der Waals surface area contributed by atoms with Crippen LogP contribution >= 0.6 is 0 Å². The van der Waals surface area contributed by atoms with E-state index < -0.39 is 11.8 Å². The van der Waals surface area contributed by atoms with Crippen molar-refractivity contribution in [3.05, 3.63) is 89.6 Å². The van der Waals surface area contributed by atoms with Gasteiger partial charge in [-0.1, -0.05) is 37.8 Å². The van der Waals surface area contributed by atoms with Crippen molar-refractivity contribution in [2.24, 2.45) is 0 Å². The lowest BCUT2D eigenvalue weighted by Crippen LogP contribution is -2.37. The zero-order valence-corrected chi connectivity index (χ0v) is 24.9. The van der Waals surface area contributed by atoms with Crippen LogP contribution in [0.4, 0.5) is 5.69 Å². The minimum Gasteiger partial charge on any atom is -0.493 e. The number of aromatic nitrogens is 1. The highest BCUT2D eigenvalue weighted by Gasteiger charge is 2.16. The number of pyridine rings is 1. The Hall–Kier alpha value is -4.51. The number of rotatable bonds is 12. The Kier molecular flexibility index (Phi) is 12.3. The van der Waals surface area contributed by atoms with Gasteiger partial charge < -0.3 is 30.0 Å². The normalized spacial score (nSPS) is 13.1. The van der Waals surface area contributed by atoms with Crippen molar-refractivity contribution < 1.29 is 28.9 Å². The Labute approximate surface area is 264 Å². The Morgan fingerprint density at radius 2 is 1.78 bits per heavy atom. The molecule has 0 aliphatic carbocycles. The number of nitrogens with one attached hydrogen (secondary N) is 2. The van der Waals surface area contributed by atoms with Crippen LogP contribution in [0.1, 0.15) is 30.5 Å². The number of anilines is 1. The molecule has 10 heteroatoms. The van der Waals surface area contributed by atoms with Crippen LogP contribution < -0.4 is 20.1 Å². The summed E-state index contributed by atoms with van der Waals surface area (Å²) in [6.07, 6.45) is 3.17. The predicted octanol–water partition coefficient (Wildman–Crippen LogP) is 4.86. The van der Waals surface area contributed by atoms with Crippen molar-refractivity contribution in [3.8, 4) is 17.2 Å². The number of ether oxygens (including phenoxy) is 3. The molecule has 0 atom stereocenters. The van der Waals surface area contributed by atoms with Gasteiger partial charge in [0.1, 0.15) is 17.2 Å². The van der Waals surface area contributed by atoms with E-state index in [2.05, 4.69) is 20.5 Å². The van der Waals surface area contributed by atoms with Gasteiger partial charge in [-0.3, -0.25) is 19.5 Å². The molecule has 5 rings (SSSR count). The van der Waals surface area contributed by atoms with Gasteiger partial charge in [-0.2, -0.15) is 0 Å². The molecule has 2 amide bonds. The summed E-state index contributed by atoms with van der Waals surface area (Å²) in [5.74, 6) is 0.328. The zero-order valence-electron chi connectivity index (χ0n) is 24.9. The summed E-state index contributed by atoms with van der Waals surface area (Å²) in [6, 6.07) is 20.4. The van der Waals surface area contributed by atoms with E-state index in [9.17, 15) is 14.7 Å². The van der Waals surface area contributed by atoms with E-state index in [1.165, 1.54) is 0 Å². The lowest BCUT2D eigenvalue weighted by Gasteiger charge is -2.26. The van der Waals surface area contributed by atoms with E-state index in [0.717, 1.165) is 55.8 Å². The molecule has 10 nitrogen and oxygen atoms in total. The maximum absolute atomic E-state index is 12.4. The fourth-order valence-electron chi connectivity index (χ4n) is 5.03. The summed E-state index contributed by atoms with van der Waals surface area (Å²) in [5, 5.41) is 16.1. The van der Waals surface area contributed by atoms with Crippen molar-refractivity contribution in [1.29, 1.82) is 0 Å².